The van der Waals surface area contributed by atoms with Gasteiger partial charge in [-0.05, 0) is 29.8 Å². The van der Waals surface area contributed by atoms with Crippen molar-refractivity contribution in [1.29, 1.82) is 5.26 Å². The maximum absolute atomic E-state index is 12.8. The topological polar surface area (TPSA) is 56.9 Å². The largest absolute Gasteiger partial charge is 0.506 e. The molecule has 18 heavy (non-hydrogen) atoms. The molecule has 0 aliphatic heterocycles. The summed E-state index contributed by atoms with van der Waals surface area (Å²) in [5, 5.41) is 19.1. The molecule has 0 atom stereocenters. The van der Waals surface area contributed by atoms with Gasteiger partial charge in [-0.15, -0.1) is 0 Å². The molecule has 0 radical (unpaired) electrons. The molecule has 1 aromatic carbocycles. The van der Waals surface area contributed by atoms with Gasteiger partial charge in [0, 0.05) is 18.0 Å². The van der Waals surface area contributed by atoms with Crippen molar-refractivity contribution in [3.8, 4) is 6.07 Å². The average Bonchev–Trinajstić information content (AvgIpc) is 2.42. The normalized spacial score (nSPS) is 11.6. The Morgan fingerprint density at radius 2 is 1.67 bits per heavy atom. The Balaban J connectivity index is 2.52. The molecule has 4 heteroatoms. The Kier molecular flexibility index (Phi) is 3.35. The molecule has 0 amide bonds. The van der Waals surface area contributed by atoms with Gasteiger partial charge in [0.1, 0.15) is 23.2 Å². The molecule has 0 saturated carbocycles. The van der Waals surface area contributed by atoms with Gasteiger partial charge in [0.05, 0.1) is 0 Å². The fourth-order valence-electron chi connectivity index (χ4n) is 1.52. The first kappa shape index (κ1) is 11.8. The van der Waals surface area contributed by atoms with Crippen molar-refractivity contribution in [3.63, 3.8) is 0 Å². The van der Waals surface area contributed by atoms with Crippen LogP contribution in [0.4, 0.5) is 4.39 Å². The number of hydrogen-bond acceptors (Lipinski definition) is 3. The molecule has 88 valence electrons. The molecule has 2 aromatic rings. The highest BCUT2D eigenvalue weighted by Crippen LogP contribution is 2.23. The number of halogens is 1. The molecule has 0 unspecified atom stereocenters. The number of aliphatic hydroxyl groups excluding tert-OH is 1. The van der Waals surface area contributed by atoms with Crippen molar-refractivity contribution in [1.82, 2.24) is 4.98 Å². The summed E-state index contributed by atoms with van der Waals surface area (Å²) < 4.78 is 12.8. The number of pyridine rings is 1. The van der Waals surface area contributed by atoms with Crippen molar-refractivity contribution >= 4 is 11.3 Å². The lowest BCUT2D eigenvalue weighted by atomic mass is 10.0. The van der Waals surface area contributed by atoms with E-state index in [1.165, 1.54) is 36.7 Å². The standard InChI is InChI=1S/C14H9FN2O/c15-12-3-1-10(2-4-12)13(9-16)14(18)11-5-7-17-8-6-11/h1-8,18H. The summed E-state index contributed by atoms with van der Waals surface area (Å²) in [5.41, 5.74) is 1.06. The Morgan fingerprint density at radius 1 is 1.06 bits per heavy atom. The van der Waals surface area contributed by atoms with Gasteiger partial charge >= 0.3 is 0 Å². The van der Waals surface area contributed by atoms with Gasteiger partial charge in [0.2, 0.25) is 0 Å². The van der Waals surface area contributed by atoms with Crippen LogP contribution >= 0.6 is 0 Å². The summed E-state index contributed by atoms with van der Waals surface area (Å²) in [6.07, 6.45) is 3.04. The van der Waals surface area contributed by atoms with Crippen LogP contribution in [0, 0.1) is 17.1 Å². The van der Waals surface area contributed by atoms with E-state index in [4.69, 9.17) is 5.26 Å². The number of aliphatic hydroxyl groups is 1. The van der Waals surface area contributed by atoms with E-state index in [0.29, 0.717) is 11.1 Å². The highest BCUT2D eigenvalue weighted by atomic mass is 19.1. The van der Waals surface area contributed by atoms with Crippen LogP contribution in [0.2, 0.25) is 0 Å². The lowest BCUT2D eigenvalue weighted by molar-refractivity contribution is 0.514. The zero-order valence-electron chi connectivity index (χ0n) is 9.34. The summed E-state index contributed by atoms with van der Waals surface area (Å²) in [7, 11) is 0. The minimum Gasteiger partial charge on any atom is -0.506 e. The van der Waals surface area contributed by atoms with Gasteiger partial charge in [-0.1, -0.05) is 12.1 Å². The van der Waals surface area contributed by atoms with E-state index in [0.717, 1.165) is 0 Å². The van der Waals surface area contributed by atoms with Gasteiger partial charge in [-0.2, -0.15) is 5.26 Å². The summed E-state index contributed by atoms with van der Waals surface area (Å²) in [6, 6.07) is 10.5. The second kappa shape index (κ2) is 5.11. The van der Waals surface area contributed by atoms with Crippen LogP contribution in [0.3, 0.4) is 0 Å². The van der Waals surface area contributed by atoms with Gasteiger partial charge in [0.15, 0.2) is 0 Å². The van der Waals surface area contributed by atoms with Crippen LogP contribution in [0.25, 0.3) is 11.3 Å². The van der Waals surface area contributed by atoms with Crippen LogP contribution in [0.5, 0.6) is 0 Å². The van der Waals surface area contributed by atoms with Gasteiger partial charge < -0.3 is 5.11 Å². The van der Waals surface area contributed by atoms with Crippen molar-refractivity contribution in [2.24, 2.45) is 0 Å². The Labute approximate surface area is 103 Å². The first-order chi connectivity index (χ1) is 8.72. The summed E-state index contributed by atoms with van der Waals surface area (Å²) in [5.74, 6) is -0.536. The monoisotopic (exact) mass is 240 g/mol. The predicted octanol–water partition coefficient (Wildman–Crippen LogP) is 3.17. The number of aromatic nitrogens is 1. The molecule has 3 nitrogen and oxygen atoms in total. The third kappa shape index (κ3) is 2.36. The minimum absolute atomic E-state index is 0.0983. The lowest BCUT2D eigenvalue weighted by Crippen LogP contribution is -1.90. The van der Waals surface area contributed by atoms with E-state index in [1.54, 1.807) is 12.1 Å². The highest BCUT2D eigenvalue weighted by molar-refractivity contribution is 5.93. The molecule has 2 rings (SSSR count). The van der Waals surface area contributed by atoms with E-state index < -0.39 is 0 Å². The summed E-state index contributed by atoms with van der Waals surface area (Å²) in [4.78, 5) is 3.83. The van der Waals surface area contributed by atoms with Crippen molar-refractivity contribution in [2.75, 3.05) is 0 Å². The second-order valence-corrected chi connectivity index (χ2v) is 3.58. The molecule has 0 aliphatic rings. The molecule has 0 saturated heterocycles. The molecule has 1 aromatic heterocycles. The molecule has 0 aliphatic carbocycles. The lowest BCUT2D eigenvalue weighted by Gasteiger charge is -2.04. The Hall–Kier alpha value is -2.67. The molecule has 0 bridgehead atoms. The summed E-state index contributed by atoms with van der Waals surface area (Å²) in [6.45, 7) is 0. The van der Waals surface area contributed by atoms with Crippen LogP contribution in [0.15, 0.2) is 48.8 Å². The van der Waals surface area contributed by atoms with E-state index in [1.807, 2.05) is 6.07 Å². The van der Waals surface area contributed by atoms with Gasteiger partial charge in [0.25, 0.3) is 0 Å². The minimum atomic E-state index is -0.389. The number of nitrogens with zero attached hydrogens (tertiary/aromatic N) is 2. The number of hydrogen-bond donors (Lipinski definition) is 1. The van der Waals surface area contributed by atoms with Crippen LogP contribution in [-0.4, -0.2) is 10.1 Å². The highest BCUT2D eigenvalue weighted by Gasteiger charge is 2.10. The Bertz CT molecular complexity index is 612. The third-order valence-electron chi connectivity index (χ3n) is 2.44. The molecule has 0 spiro atoms. The molecule has 1 heterocycles. The van der Waals surface area contributed by atoms with E-state index in [9.17, 15) is 9.50 Å². The predicted molar refractivity (Wildman–Crippen MR) is 65.7 cm³/mol. The summed E-state index contributed by atoms with van der Waals surface area (Å²) >= 11 is 0. The van der Waals surface area contributed by atoms with Crippen molar-refractivity contribution < 1.29 is 9.50 Å². The van der Waals surface area contributed by atoms with Crippen LogP contribution in [-0.2, 0) is 0 Å². The fourth-order valence-corrected chi connectivity index (χ4v) is 1.52. The third-order valence-corrected chi connectivity index (χ3v) is 2.44. The molecule has 0 fully saturated rings. The average molecular weight is 240 g/mol. The van der Waals surface area contributed by atoms with E-state index in [2.05, 4.69) is 4.98 Å². The zero-order chi connectivity index (χ0) is 13.0. The van der Waals surface area contributed by atoms with Gasteiger partial charge in [-0.3, -0.25) is 4.98 Å². The maximum atomic E-state index is 12.8. The quantitative estimate of drug-likeness (QED) is 0.648. The van der Waals surface area contributed by atoms with Gasteiger partial charge in [-0.25, -0.2) is 4.39 Å². The SMILES string of the molecule is N#CC(=C(O)c1ccncc1)c1ccc(F)cc1. The molecule has 1 N–H and O–H groups in total. The maximum Gasteiger partial charge on any atom is 0.141 e. The number of rotatable bonds is 2. The number of benzene rings is 1. The van der Waals surface area contributed by atoms with E-state index in [-0.39, 0.29) is 17.1 Å². The zero-order valence-corrected chi connectivity index (χ0v) is 9.34. The fraction of sp³-hybridized carbons (Fsp3) is 0. The first-order valence-corrected chi connectivity index (χ1v) is 5.22. The van der Waals surface area contributed by atoms with E-state index >= 15 is 0 Å². The first-order valence-electron chi connectivity index (χ1n) is 5.22. The smallest absolute Gasteiger partial charge is 0.141 e. The Morgan fingerprint density at radius 3 is 2.22 bits per heavy atom. The van der Waals surface area contributed by atoms with Crippen molar-refractivity contribution in [3.05, 3.63) is 65.7 Å². The molecular weight excluding hydrogens is 231 g/mol. The van der Waals surface area contributed by atoms with Crippen LogP contribution < -0.4 is 0 Å². The second-order valence-electron chi connectivity index (χ2n) is 3.58. The number of allylic oxidation sites excluding steroid dienone is 1. The van der Waals surface area contributed by atoms with Crippen LogP contribution in [0.1, 0.15) is 11.1 Å². The molecular formula is C14H9FN2O. The number of nitriles is 1. The van der Waals surface area contributed by atoms with Crippen molar-refractivity contribution in [2.45, 2.75) is 0 Å².